The number of hydrogen-bond acceptors (Lipinski definition) is 6. The average molecular weight is 300 g/mol. The van der Waals surface area contributed by atoms with E-state index < -0.39 is 6.17 Å². The number of fused-ring (bicyclic) bond motifs is 1. The first-order chi connectivity index (χ1) is 10.3. The predicted molar refractivity (Wildman–Crippen MR) is 84.5 cm³/mol. The summed E-state index contributed by atoms with van der Waals surface area (Å²) < 4.78 is 0. The molecule has 5 nitrogen and oxygen atoms in total. The Hall–Kier alpha value is -2.08. The minimum absolute atomic E-state index is 0.392. The topological polar surface area (TPSA) is 58.1 Å². The van der Waals surface area contributed by atoms with E-state index in [0.717, 1.165) is 34.3 Å². The molecule has 1 aromatic carbocycles. The fourth-order valence-corrected chi connectivity index (χ4v) is 2.84. The van der Waals surface area contributed by atoms with Crippen LogP contribution in [0.5, 0.6) is 0 Å². The number of nitrogens with one attached hydrogen (secondary N) is 1. The van der Waals surface area contributed by atoms with Gasteiger partial charge in [0.15, 0.2) is 23.4 Å². The second-order valence-electron chi connectivity index (χ2n) is 4.66. The van der Waals surface area contributed by atoms with Crippen LogP contribution < -0.4 is 10.2 Å². The van der Waals surface area contributed by atoms with Crippen molar-refractivity contribution in [3.8, 4) is 0 Å². The molecule has 3 rings (SSSR count). The number of hydrogen-bond donors (Lipinski definition) is 1. The molecular weight excluding hydrogens is 284 g/mol. The van der Waals surface area contributed by atoms with Crippen molar-refractivity contribution in [1.29, 1.82) is 0 Å². The Morgan fingerprint density at radius 3 is 2.90 bits per heavy atom. The number of anilines is 2. The molecule has 0 saturated carbocycles. The van der Waals surface area contributed by atoms with Gasteiger partial charge in [0.2, 0.25) is 0 Å². The van der Waals surface area contributed by atoms with Crippen LogP contribution in [0.25, 0.3) is 0 Å². The highest BCUT2D eigenvalue weighted by Gasteiger charge is 2.30. The lowest BCUT2D eigenvalue weighted by Gasteiger charge is -2.22. The van der Waals surface area contributed by atoms with Gasteiger partial charge in [-0.25, -0.2) is 9.97 Å². The van der Waals surface area contributed by atoms with E-state index in [4.69, 9.17) is 0 Å². The van der Waals surface area contributed by atoms with Gasteiger partial charge in [0.1, 0.15) is 0 Å². The molecular formula is C15H16N4OS. The summed E-state index contributed by atoms with van der Waals surface area (Å²) in [5.74, 6) is 1.71. The van der Waals surface area contributed by atoms with Crippen molar-refractivity contribution < 1.29 is 4.79 Å². The number of benzene rings is 1. The normalized spacial score (nSPS) is 16.4. The summed E-state index contributed by atoms with van der Waals surface area (Å²) in [6.07, 6.45) is 2.26. The van der Waals surface area contributed by atoms with Gasteiger partial charge in [-0.15, -0.1) is 0 Å². The fraction of sp³-hybridized carbons (Fsp3) is 0.267. The zero-order valence-electron chi connectivity index (χ0n) is 11.7. The van der Waals surface area contributed by atoms with Crippen LogP contribution in [0.15, 0.2) is 41.7 Å². The third-order valence-corrected chi connectivity index (χ3v) is 4.00. The van der Waals surface area contributed by atoms with Crippen molar-refractivity contribution in [1.82, 2.24) is 9.97 Å². The summed E-state index contributed by atoms with van der Waals surface area (Å²) in [7, 11) is 0. The van der Waals surface area contributed by atoms with E-state index in [2.05, 4.69) is 22.2 Å². The molecule has 0 bridgehead atoms. The van der Waals surface area contributed by atoms with E-state index in [0.29, 0.717) is 6.54 Å². The molecule has 0 saturated heterocycles. The Labute approximate surface area is 127 Å². The quantitative estimate of drug-likeness (QED) is 0.520. The van der Waals surface area contributed by atoms with Crippen LogP contribution in [0.1, 0.15) is 12.5 Å². The number of thioether (sulfide) groups is 1. The lowest BCUT2D eigenvalue weighted by molar-refractivity contribution is -0.108. The fourth-order valence-electron chi connectivity index (χ4n) is 2.31. The van der Waals surface area contributed by atoms with Crippen molar-refractivity contribution >= 4 is 29.6 Å². The van der Waals surface area contributed by atoms with Crippen LogP contribution in [0, 0.1) is 0 Å². The number of rotatable bonds is 5. The van der Waals surface area contributed by atoms with Crippen molar-refractivity contribution in [3.63, 3.8) is 0 Å². The van der Waals surface area contributed by atoms with Gasteiger partial charge in [-0.1, -0.05) is 49.0 Å². The Balaban J connectivity index is 1.91. The SMILES string of the molecule is CCSc1ncc2c(n1)N(Cc1ccccc1)C(C=O)N2. The van der Waals surface area contributed by atoms with Crippen LogP contribution in [0.2, 0.25) is 0 Å². The maximum Gasteiger partial charge on any atom is 0.189 e. The van der Waals surface area contributed by atoms with E-state index in [1.54, 1.807) is 18.0 Å². The molecule has 1 aliphatic rings. The second-order valence-corrected chi connectivity index (χ2v) is 5.89. The zero-order valence-corrected chi connectivity index (χ0v) is 12.5. The number of nitrogens with zero attached hydrogens (tertiary/aromatic N) is 3. The van der Waals surface area contributed by atoms with Crippen LogP contribution in [0.4, 0.5) is 11.5 Å². The van der Waals surface area contributed by atoms with Gasteiger partial charge in [-0.05, 0) is 11.3 Å². The maximum atomic E-state index is 11.3. The molecule has 0 radical (unpaired) electrons. The van der Waals surface area contributed by atoms with E-state index in [9.17, 15) is 4.79 Å². The van der Waals surface area contributed by atoms with Crippen molar-refractivity contribution in [2.75, 3.05) is 16.0 Å². The summed E-state index contributed by atoms with van der Waals surface area (Å²) in [5, 5.41) is 3.89. The van der Waals surface area contributed by atoms with E-state index in [1.807, 2.05) is 35.2 Å². The average Bonchev–Trinajstić information content (AvgIpc) is 2.86. The molecule has 1 aromatic heterocycles. The minimum Gasteiger partial charge on any atom is -0.355 e. The second kappa shape index (κ2) is 6.13. The van der Waals surface area contributed by atoms with Gasteiger partial charge < -0.3 is 10.2 Å². The summed E-state index contributed by atoms with van der Waals surface area (Å²) in [5.41, 5.74) is 1.95. The molecule has 21 heavy (non-hydrogen) atoms. The van der Waals surface area contributed by atoms with Crippen LogP contribution in [-0.4, -0.2) is 28.2 Å². The van der Waals surface area contributed by atoms with Gasteiger partial charge in [0, 0.05) is 6.54 Å². The van der Waals surface area contributed by atoms with E-state index in [-0.39, 0.29) is 0 Å². The maximum absolute atomic E-state index is 11.3. The third kappa shape index (κ3) is 2.85. The molecule has 1 aliphatic heterocycles. The van der Waals surface area contributed by atoms with Crippen molar-refractivity contribution in [2.45, 2.75) is 24.8 Å². The Morgan fingerprint density at radius 1 is 1.38 bits per heavy atom. The summed E-state index contributed by atoms with van der Waals surface area (Å²) in [6.45, 7) is 2.70. The standard InChI is InChI=1S/C15H16N4OS/c1-2-21-15-16-8-12-14(18-15)19(13(10-20)17-12)9-11-6-4-3-5-7-11/h3-8,10,13,17H,2,9H2,1H3. The predicted octanol–water partition coefficient (Wildman–Crippen LogP) is 2.55. The molecule has 0 aliphatic carbocycles. The van der Waals surface area contributed by atoms with Gasteiger partial charge in [-0.3, -0.25) is 4.79 Å². The highest BCUT2D eigenvalue weighted by atomic mass is 32.2. The Kier molecular flexibility index (Phi) is 4.06. The summed E-state index contributed by atoms with van der Waals surface area (Å²) in [6, 6.07) is 10.1. The van der Waals surface area contributed by atoms with Gasteiger partial charge >= 0.3 is 0 Å². The van der Waals surface area contributed by atoms with E-state index >= 15 is 0 Å². The number of aromatic nitrogens is 2. The van der Waals surface area contributed by atoms with Crippen molar-refractivity contribution in [2.24, 2.45) is 0 Å². The summed E-state index contributed by atoms with van der Waals surface area (Å²) in [4.78, 5) is 22.2. The first-order valence-corrected chi connectivity index (χ1v) is 7.82. The monoisotopic (exact) mass is 300 g/mol. The van der Waals surface area contributed by atoms with Gasteiger partial charge in [0.25, 0.3) is 0 Å². The third-order valence-electron chi connectivity index (χ3n) is 3.26. The largest absolute Gasteiger partial charge is 0.355 e. The van der Waals surface area contributed by atoms with Crippen LogP contribution in [-0.2, 0) is 11.3 Å². The zero-order chi connectivity index (χ0) is 14.7. The lowest BCUT2D eigenvalue weighted by Crippen LogP contribution is -2.36. The van der Waals surface area contributed by atoms with E-state index in [1.165, 1.54) is 0 Å². The molecule has 0 spiro atoms. The highest BCUT2D eigenvalue weighted by molar-refractivity contribution is 7.99. The lowest BCUT2D eigenvalue weighted by atomic mass is 10.2. The van der Waals surface area contributed by atoms with Gasteiger partial charge in [-0.2, -0.15) is 0 Å². The molecule has 0 amide bonds. The number of carbonyl (C=O) groups is 1. The van der Waals surface area contributed by atoms with Crippen molar-refractivity contribution in [3.05, 3.63) is 42.1 Å². The molecule has 2 aromatic rings. The summed E-state index contributed by atoms with van der Waals surface area (Å²) >= 11 is 1.59. The number of carbonyl (C=O) groups excluding carboxylic acids is 1. The number of aldehydes is 1. The minimum atomic E-state index is -0.392. The first kappa shape index (κ1) is 13.9. The highest BCUT2D eigenvalue weighted by Crippen LogP contribution is 2.34. The molecule has 1 atom stereocenters. The van der Waals surface area contributed by atoms with Gasteiger partial charge in [0.05, 0.1) is 11.9 Å². The molecule has 0 fully saturated rings. The Morgan fingerprint density at radius 2 is 2.19 bits per heavy atom. The molecule has 1 unspecified atom stereocenters. The van der Waals surface area contributed by atoms with Crippen LogP contribution >= 0.6 is 11.8 Å². The molecule has 1 N–H and O–H groups in total. The molecule has 6 heteroatoms. The molecule has 108 valence electrons. The smallest absolute Gasteiger partial charge is 0.189 e. The Bertz CT molecular complexity index is 635. The van der Waals surface area contributed by atoms with Crippen LogP contribution in [0.3, 0.4) is 0 Å². The first-order valence-electron chi connectivity index (χ1n) is 6.84. The molecule has 2 heterocycles.